The predicted octanol–water partition coefficient (Wildman–Crippen LogP) is 2.62. The second kappa shape index (κ2) is 6.06. The Hall–Kier alpha value is -1.55. The molecule has 1 aromatic carbocycles. The van der Waals surface area contributed by atoms with Crippen molar-refractivity contribution < 1.29 is 4.79 Å². The van der Waals surface area contributed by atoms with E-state index in [9.17, 15) is 4.79 Å². The third kappa shape index (κ3) is 3.05. The van der Waals surface area contributed by atoms with Crippen molar-refractivity contribution in [2.45, 2.75) is 32.6 Å². The van der Waals surface area contributed by atoms with E-state index in [2.05, 4.69) is 28.5 Å². The predicted molar refractivity (Wildman–Crippen MR) is 86.7 cm³/mol. The molecule has 0 radical (unpaired) electrons. The third-order valence-corrected chi connectivity index (χ3v) is 4.74. The number of hydrogen-bond donors (Lipinski definition) is 2. The minimum atomic E-state index is -0.295. The molecule has 1 atom stereocenters. The molecule has 0 aromatic heterocycles. The zero-order chi connectivity index (χ0) is 14.7. The molecule has 2 fully saturated rings. The van der Waals surface area contributed by atoms with Gasteiger partial charge in [-0.25, -0.2) is 0 Å². The van der Waals surface area contributed by atoms with E-state index in [0.717, 1.165) is 50.4 Å². The first-order valence-electron chi connectivity index (χ1n) is 8.05. The van der Waals surface area contributed by atoms with Crippen LogP contribution in [-0.4, -0.2) is 32.1 Å². The molecule has 114 valence electrons. The fourth-order valence-electron chi connectivity index (χ4n) is 3.34. The van der Waals surface area contributed by atoms with Gasteiger partial charge >= 0.3 is 0 Å². The molecule has 2 heterocycles. The van der Waals surface area contributed by atoms with E-state index in [0.29, 0.717) is 0 Å². The van der Waals surface area contributed by atoms with Gasteiger partial charge in [-0.05, 0) is 51.3 Å². The van der Waals surface area contributed by atoms with Crippen LogP contribution in [0.25, 0.3) is 0 Å². The number of carbonyl (C=O) groups excluding carboxylic acids is 1. The van der Waals surface area contributed by atoms with Crippen molar-refractivity contribution in [3.05, 3.63) is 24.3 Å². The minimum Gasteiger partial charge on any atom is -0.370 e. The molecule has 4 nitrogen and oxygen atoms in total. The molecular formula is C17H25N3O. The Morgan fingerprint density at radius 2 is 2.00 bits per heavy atom. The van der Waals surface area contributed by atoms with Gasteiger partial charge < -0.3 is 15.5 Å². The van der Waals surface area contributed by atoms with E-state index >= 15 is 0 Å². The van der Waals surface area contributed by atoms with Crippen LogP contribution in [-0.2, 0) is 4.79 Å². The van der Waals surface area contributed by atoms with Gasteiger partial charge in [-0.2, -0.15) is 0 Å². The Balaban J connectivity index is 1.76. The van der Waals surface area contributed by atoms with Crippen LogP contribution in [0.3, 0.4) is 0 Å². The molecule has 2 aliphatic heterocycles. The molecule has 1 aromatic rings. The van der Waals surface area contributed by atoms with Crippen LogP contribution in [0.4, 0.5) is 11.4 Å². The summed E-state index contributed by atoms with van der Waals surface area (Å²) in [5, 5.41) is 6.52. The number of rotatable bonds is 3. The summed E-state index contributed by atoms with van der Waals surface area (Å²) in [6, 6.07) is 8.18. The van der Waals surface area contributed by atoms with Gasteiger partial charge in [-0.15, -0.1) is 0 Å². The van der Waals surface area contributed by atoms with Crippen molar-refractivity contribution in [3.63, 3.8) is 0 Å². The van der Waals surface area contributed by atoms with Gasteiger partial charge in [0, 0.05) is 19.6 Å². The fourth-order valence-corrected chi connectivity index (χ4v) is 3.34. The SMILES string of the molecule is CC1(C(=O)Nc2ccccc2N2CCCC2)CCCNC1. The first-order chi connectivity index (χ1) is 10.2. The van der Waals surface area contributed by atoms with E-state index in [4.69, 9.17) is 0 Å². The van der Waals surface area contributed by atoms with Crippen LogP contribution in [0, 0.1) is 5.41 Å². The van der Waals surface area contributed by atoms with Crippen LogP contribution in [0.5, 0.6) is 0 Å². The van der Waals surface area contributed by atoms with Gasteiger partial charge in [0.05, 0.1) is 16.8 Å². The quantitative estimate of drug-likeness (QED) is 0.898. The highest BCUT2D eigenvalue weighted by Gasteiger charge is 2.35. The second-order valence-electron chi connectivity index (χ2n) is 6.51. The van der Waals surface area contributed by atoms with E-state index in [-0.39, 0.29) is 11.3 Å². The monoisotopic (exact) mass is 287 g/mol. The maximum atomic E-state index is 12.7. The van der Waals surface area contributed by atoms with Crippen molar-refractivity contribution in [1.82, 2.24) is 5.32 Å². The van der Waals surface area contributed by atoms with Gasteiger partial charge in [-0.3, -0.25) is 4.79 Å². The molecule has 0 spiro atoms. The topological polar surface area (TPSA) is 44.4 Å². The maximum absolute atomic E-state index is 12.7. The lowest BCUT2D eigenvalue weighted by Gasteiger charge is -2.33. The first-order valence-corrected chi connectivity index (χ1v) is 8.05. The number of carbonyl (C=O) groups is 1. The Morgan fingerprint density at radius 1 is 1.24 bits per heavy atom. The second-order valence-corrected chi connectivity index (χ2v) is 6.51. The van der Waals surface area contributed by atoms with Crippen LogP contribution >= 0.6 is 0 Å². The Kier molecular flexibility index (Phi) is 4.15. The number of hydrogen-bond acceptors (Lipinski definition) is 3. The first kappa shape index (κ1) is 14.4. The molecule has 4 heteroatoms. The lowest BCUT2D eigenvalue weighted by atomic mass is 9.82. The summed E-state index contributed by atoms with van der Waals surface area (Å²) < 4.78 is 0. The minimum absolute atomic E-state index is 0.140. The summed E-state index contributed by atoms with van der Waals surface area (Å²) in [6.45, 7) is 6.03. The molecule has 3 rings (SSSR count). The lowest BCUT2D eigenvalue weighted by molar-refractivity contribution is -0.125. The van der Waals surface area contributed by atoms with Gasteiger partial charge in [0.15, 0.2) is 0 Å². The summed E-state index contributed by atoms with van der Waals surface area (Å²) in [7, 11) is 0. The highest BCUT2D eigenvalue weighted by Crippen LogP contribution is 2.32. The summed E-state index contributed by atoms with van der Waals surface area (Å²) >= 11 is 0. The average molecular weight is 287 g/mol. The standard InChI is InChI=1S/C17H25N3O/c1-17(9-6-10-18-13-17)16(21)19-14-7-2-3-8-15(14)20-11-4-5-12-20/h2-3,7-8,18H,4-6,9-13H2,1H3,(H,19,21). The number of nitrogens with one attached hydrogen (secondary N) is 2. The van der Waals surface area contributed by atoms with Gasteiger partial charge in [0.25, 0.3) is 0 Å². The van der Waals surface area contributed by atoms with Crippen LogP contribution in [0.1, 0.15) is 32.6 Å². The number of anilines is 2. The Labute approximate surface area is 126 Å². The normalized spacial score (nSPS) is 25.9. The van der Waals surface area contributed by atoms with Crippen LogP contribution in [0.15, 0.2) is 24.3 Å². The Bertz CT molecular complexity index is 503. The molecule has 2 aliphatic rings. The van der Waals surface area contributed by atoms with E-state index < -0.39 is 0 Å². The van der Waals surface area contributed by atoms with Crippen molar-refractivity contribution in [1.29, 1.82) is 0 Å². The van der Waals surface area contributed by atoms with Gasteiger partial charge in [0.1, 0.15) is 0 Å². The highest BCUT2D eigenvalue weighted by atomic mass is 16.2. The third-order valence-electron chi connectivity index (χ3n) is 4.74. The van der Waals surface area contributed by atoms with Gasteiger partial charge in [0.2, 0.25) is 5.91 Å². The number of benzene rings is 1. The molecule has 1 amide bonds. The molecule has 21 heavy (non-hydrogen) atoms. The van der Waals surface area contributed by atoms with Crippen molar-refractivity contribution in [2.24, 2.45) is 5.41 Å². The van der Waals surface area contributed by atoms with Crippen LogP contribution < -0.4 is 15.5 Å². The molecule has 2 N–H and O–H groups in total. The average Bonchev–Trinajstić information content (AvgIpc) is 3.02. The summed E-state index contributed by atoms with van der Waals surface area (Å²) in [5.41, 5.74) is 1.82. The molecule has 0 bridgehead atoms. The largest absolute Gasteiger partial charge is 0.370 e. The van der Waals surface area contributed by atoms with E-state index in [1.54, 1.807) is 0 Å². The van der Waals surface area contributed by atoms with E-state index in [1.165, 1.54) is 12.8 Å². The Morgan fingerprint density at radius 3 is 2.71 bits per heavy atom. The molecular weight excluding hydrogens is 262 g/mol. The number of nitrogens with zero attached hydrogens (tertiary/aromatic N) is 1. The molecule has 0 aliphatic carbocycles. The summed E-state index contributed by atoms with van der Waals surface area (Å²) in [6.07, 6.45) is 4.50. The number of amides is 1. The van der Waals surface area contributed by atoms with E-state index in [1.807, 2.05) is 18.2 Å². The molecule has 1 unspecified atom stereocenters. The number of para-hydroxylation sites is 2. The van der Waals surface area contributed by atoms with Gasteiger partial charge in [-0.1, -0.05) is 12.1 Å². The van der Waals surface area contributed by atoms with Crippen molar-refractivity contribution in [2.75, 3.05) is 36.4 Å². The summed E-state index contributed by atoms with van der Waals surface area (Å²) in [4.78, 5) is 15.1. The lowest BCUT2D eigenvalue weighted by Crippen LogP contribution is -2.46. The molecule has 0 saturated carbocycles. The summed E-state index contributed by atoms with van der Waals surface area (Å²) in [5.74, 6) is 0.140. The maximum Gasteiger partial charge on any atom is 0.231 e. The zero-order valence-electron chi connectivity index (χ0n) is 12.8. The molecule has 2 saturated heterocycles. The van der Waals surface area contributed by atoms with Crippen molar-refractivity contribution >= 4 is 17.3 Å². The fraction of sp³-hybridized carbons (Fsp3) is 0.588. The number of piperidine rings is 1. The highest BCUT2D eigenvalue weighted by molar-refractivity contribution is 5.98. The van der Waals surface area contributed by atoms with Crippen molar-refractivity contribution in [3.8, 4) is 0 Å². The smallest absolute Gasteiger partial charge is 0.231 e. The van der Waals surface area contributed by atoms with Crippen LogP contribution in [0.2, 0.25) is 0 Å². The zero-order valence-corrected chi connectivity index (χ0v) is 12.8.